The zero-order chi connectivity index (χ0) is 17.1. The Hall–Kier alpha value is -2.05. The molecule has 8 heteroatoms. The van der Waals surface area contributed by atoms with Crippen LogP contribution >= 0.6 is 23.2 Å². The highest BCUT2D eigenvalue weighted by molar-refractivity contribution is 6.35. The van der Waals surface area contributed by atoms with Crippen LogP contribution in [0.3, 0.4) is 0 Å². The largest absolute Gasteiger partial charge is 0.336 e. The first kappa shape index (κ1) is 16.8. The van der Waals surface area contributed by atoms with E-state index in [0.29, 0.717) is 28.2 Å². The summed E-state index contributed by atoms with van der Waals surface area (Å²) in [5.41, 5.74) is 1.18. The number of aromatic nitrogens is 2. The van der Waals surface area contributed by atoms with E-state index in [1.54, 1.807) is 24.3 Å². The summed E-state index contributed by atoms with van der Waals surface area (Å²) in [7, 11) is 0. The van der Waals surface area contributed by atoms with Crippen molar-refractivity contribution in [2.24, 2.45) is 0 Å². The number of carbonyl (C=O) groups is 1. The summed E-state index contributed by atoms with van der Waals surface area (Å²) in [6.45, 7) is 0.627. The monoisotopic (exact) mass is 366 g/mol. The van der Waals surface area contributed by atoms with Crippen LogP contribution in [-0.2, 0) is 6.54 Å². The Kier molecular flexibility index (Phi) is 5.06. The molecular formula is C16H16Cl2N4O2. The predicted molar refractivity (Wildman–Crippen MR) is 94.0 cm³/mol. The highest BCUT2D eigenvalue weighted by Crippen LogP contribution is 2.38. The van der Waals surface area contributed by atoms with Gasteiger partial charge in [-0.05, 0) is 31.0 Å². The Balaban J connectivity index is 1.51. The van der Waals surface area contributed by atoms with Crippen molar-refractivity contribution >= 4 is 34.9 Å². The van der Waals surface area contributed by atoms with Crippen molar-refractivity contribution in [2.45, 2.75) is 25.3 Å². The van der Waals surface area contributed by atoms with Gasteiger partial charge in [0.2, 0.25) is 0 Å². The molecule has 6 nitrogen and oxygen atoms in total. The zero-order valence-corrected chi connectivity index (χ0v) is 14.3. The first-order chi connectivity index (χ1) is 11.5. The van der Waals surface area contributed by atoms with Crippen molar-refractivity contribution in [1.29, 1.82) is 0 Å². The SMILES string of the molecule is O=C(NCCn1cnc(C2CC2)cc1=O)Nc1cc(Cl)ccc1Cl. The lowest BCUT2D eigenvalue weighted by Crippen LogP contribution is -2.33. The van der Waals surface area contributed by atoms with Gasteiger partial charge in [0.05, 0.1) is 22.7 Å². The first-order valence-electron chi connectivity index (χ1n) is 7.59. The number of hydrogen-bond acceptors (Lipinski definition) is 3. The Bertz CT molecular complexity index is 818. The van der Waals surface area contributed by atoms with Gasteiger partial charge in [0, 0.05) is 30.1 Å². The van der Waals surface area contributed by atoms with E-state index in [-0.39, 0.29) is 12.1 Å². The maximum atomic E-state index is 12.0. The molecule has 3 rings (SSSR count). The molecule has 0 atom stereocenters. The molecule has 1 aromatic carbocycles. The van der Waals surface area contributed by atoms with E-state index in [1.807, 2.05) is 0 Å². The number of amides is 2. The van der Waals surface area contributed by atoms with E-state index in [4.69, 9.17) is 23.2 Å². The van der Waals surface area contributed by atoms with Crippen LogP contribution in [0.2, 0.25) is 10.0 Å². The van der Waals surface area contributed by atoms with Crippen LogP contribution in [0.25, 0.3) is 0 Å². The molecule has 1 heterocycles. The third-order valence-electron chi connectivity index (χ3n) is 3.71. The average molecular weight is 367 g/mol. The molecule has 2 N–H and O–H groups in total. The van der Waals surface area contributed by atoms with Crippen LogP contribution in [-0.4, -0.2) is 22.1 Å². The Morgan fingerprint density at radius 1 is 1.29 bits per heavy atom. The number of carbonyl (C=O) groups excluding carboxylic acids is 1. The van der Waals surface area contributed by atoms with Gasteiger partial charge in [-0.2, -0.15) is 0 Å². The van der Waals surface area contributed by atoms with Gasteiger partial charge in [-0.3, -0.25) is 9.36 Å². The van der Waals surface area contributed by atoms with Crippen molar-refractivity contribution in [3.05, 3.63) is 56.7 Å². The molecule has 1 fully saturated rings. The summed E-state index contributed by atoms with van der Waals surface area (Å²) in [6.07, 6.45) is 3.73. The first-order valence-corrected chi connectivity index (χ1v) is 8.35. The molecule has 0 aliphatic heterocycles. The molecule has 0 spiro atoms. The topological polar surface area (TPSA) is 76.0 Å². The number of benzene rings is 1. The van der Waals surface area contributed by atoms with E-state index >= 15 is 0 Å². The molecule has 1 saturated carbocycles. The number of hydrogen-bond donors (Lipinski definition) is 2. The molecule has 0 saturated heterocycles. The van der Waals surface area contributed by atoms with Gasteiger partial charge in [-0.1, -0.05) is 23.2 Å². The second kappa shape index (κ2) is 7.23. The average Bonchev–Trinajstić information content (AvgIpc) is 3.37. The van der Waals surface area contributed by atoms with Gasteiger partial charge in [0.1, 0.15) is 0 Å². The second-order valence-corrected chi connectivity index (χ2v) is 6.47. The predicted octanol–water partition coefficient (Wildman–Crippen LogP) is 3.25. The van der Waals surface area contributed by atoms with Crippen LogP contribution in [0.5, 0.6) is 0 Å². The molecular weight excluding hydrogens is 351 g/mol. The number of nitrogens with zero attached hydrogens (tertiary/aromatic N) is 2. The third-order valence-corrected chi connectivity index (χ3v) is 4.28. The summed E-state index contributed by atoms with van der Waals surface area (Å²) in [5.74, 6) is 0.443. The maximum Gasteiger partial charge on any atom is 0.319 e. The lowest BCUT2D eigenvalue weighted by Gasteiger charge is -2.10. The summed E-state index contributed by atoms with van der Waals surface area (Å²) in [5, 5.41) is 6.15. The second-order valence-electron chi connectivity index (χ2n) is 5.62. The molecule has 1 aromatic heterocycles. The van der Waals surface area contributed by atoms with Gasteiger partial charge >= 0.3 is 6.03 Å². The highest BCUT2D eigenvalue weighted by atomic mass is 35.5. The van der Waals surface area contributed by atoms with E-state index in [2.05, 4.69) is 15.6 Å². The van der Waals surface area contributed by atoms with Crippen LogP contribution in [0, 0.1) is 0 Å². The molecule has 1 aliphatic carbocycles. The molecule has 24 heavy (non-hydrogen) atoms. The number of urea groups is 1. The van der Waals surface area contributed by atoms with Gasteiger partial charge in [-0.25, -0.2) is 9.78 Å². The summed E-state index contributed by atoms with van der Waals surface area (Å²) < 4.78 is 1.47. The molecule has 0 bridgehead atoms. The van der Waals surface area contributed by atoms with Gasteiger partial charge in [0.15, 0.2) is 0 Å². The van der Waals surface area contributed by atoms with E-state index in [0.717, 1.165) is 18.5 Å². The molecule has 0 unspecified atom stereocenters. The highest BCUT2D eigenvalue weighted by Gasteiger charge is 2.25. The van der Waals surface area contributed by atoms with Crippen molar-refractivity contribution in [3.63, 3.8) is 0 Å². The standard InChI is InChI=1S/C16H16Cl2N4O2/c17-11-3-4-12(18)14(7-11)21-16(24)19-5-6-22-9-20-13(8-15(22)23)10-1-2-10/h3-4,7-10H,1-2,5-6H2,(H2,19,21,24). The molecule has 1 aliphatic rings. The smallest absolute Gasteiger partial charge is 0.319 e. The van der Waals surface area contributed by atoms with Crippen molar-refractivity contribution in [2.75, 3.05) is 11.9 Å². The maximum absolute atomic E-state index is 12.0. The molecule has 0 radical (unpaired) electrons. The molecule has 2 amide bonds. The van der Waals surface area contributed by atoms with Crippen molar-refractivity contribution in [3.8, 4) is 0 Å². The zero-order valence-electron chi connectivity index (χ0n) is 12.8. The van der Waals surface area contributed by atoms with Crippen LogP contribution in [0.1, 0.15) is 24.5 Å². The number of anilines is 1. The summed E-state index contributed by atoms with van der Waals surface area (Å²) >= 11 is 11.8. The minimum absolute atomic E-state index is 0.105. The summed E-state index contributed by atoms with van der Waals surface area (Å²) in [4.78, 5) is 28.2. The normalized spacial score (nSPS) is 13.6. The fourth-order valence-electron chi connectivity index (χ4n) is 2.26. The van der Waals surface area contributed by atoms with Gasteiger partial charge < -0.3 is 10.6 Å². The van der Waals surface area contributed by atoms with Gasteiger partial charge in [0.25, 0.3) is 5.56 Å². The third kappa shape index (κ3) is 4.27. The summed E-state index contributed by atoms with van der Waals surface area (Å²) in [6, 6.07) is 5.96. The number of rotatable bonds is 5. The van der Waals surface area contributed by atoms with E-state index in [1.165, 1.54) is 10.9 Å². The lowest BCUT2D eigenvalue weighted by molar-refractivity contribution is 0.251. The van der Waals surface area contributed by atoms with Crippen molar-refractivity contribution in [1.82, 2.24) is 14.9 Å². The Morgan fingerprint density at radius 2 is 2.08 bits per heavy atom. The number of nitrogens with one attached hydrogen (secondary N) is 2. The minimum atomic E-state index is -0.422. The fourth-order valence-corrected chi connectivity index (χ4v) is 2.60. The fraction of sp³-hybridized carbons (Fsp3) is 0.312. The van der Waals surface area contributed by atoms with E-state index < -0.39 is 6.03 Å². The Labute approximate surface area is 148 Å². The quantitative estimate of drug-likeness (QED) is 0.852. The number of halogens is 2. The lowest BCUT2D eigenvalue weighted by atomic mass is 10.3. The van der Waals surface area contributed by atoms with Gasteiger partial charge in [-0.15, -0.1) is 0 Å². The van der Waals surface area contributed by atoms with Crippen molar-refractivity contribution < 1.29 is 4.79 Å². The van der Waals surface area contributed by atoms with Crippen LogP contribution in [0.4, 0.5) is 10.5 Å². The molecule has 2 aromatic rings. The van der Waals surface area contributed by atoms with Crippen LogP contribution in [0.15, 0.2) is 35.4 Å². The minimum Gasteiger partial charge on any atom is -0.336 e. The van der Waals surface area contributed by atoms with Crippen LogP contribution < -0.4 is 16.2 Å². The Morgan fingerprint density at radius 3 is 2.79 bits per heavy atom. The van der Waals surface area contributed by atoms with E-state index in [9.17, 15) is 9.59 Å². The molecule has 126 valence electrons.